The number of carboxylic acids is 1. The molecular formula is C49H88N4O28. The molecule has 1 fully saturated rings. The number of benzene rings is 1. The van der Waals surface area contributed by atoms with Gasteiger partial charge in [-0.05, 0) is 24.7 Å². The van der Waals surface area contributed by atoms with Crippen LogP contribution in [-0.2, 0) is 68.4 Å². The number of methoxy groups -OCH3 is 1. The van der Waals surface area contributed by atoms with Crippen LogP contribution >= 0.6 is 0 Å². The van der Waals surface area contributed by atoms with Crippen molar-refractivity contribution in [2.75, 3.05) is 165 Å². The third kappa shape index (κ3) is 29.2. The van der Waals surface area contributed by atoms with Crippen LogP contribution in [0.3, 0.4) is 0 Å². The number of hydrogen-bond acceptors (Lipinski definition) is 29. The number of carbonyl (C=O) groups excluding carboxylic acids is 2. The van der Waals surface area contributed by atoms with E-state index in [2.05, 4.69) is 16.0 Å². The maximum Gasteiger partial charge on any atom is 0.335 e. The summed E-state index contributed by atoms with van der Waals surface area (Å²) in [5, 5.41) is 147. The van der Waals surface area contributed by atoms with Gasteiger partial charge in [0.1, 0.15) is 66.7 Å². The van der Waals surface area contributed by atoms with E-state index in [1.165, 1.54) is 31.2 Å². The Morgan fingerprint density at radius 3 is 1.46 bits per heavy atom. The maximum absolute atomic E-state index is 13.3. The monoisotopic (exact) mass is 1180 g/mol. The van der Waals surface area contributed by atoms with Crippen molar-refractivity contribution in [2.45, 2.75) is 98.6 Å². The number of hydrogen-bond donors (Lipinski definition) is 17. The van der Waals surface area contributed by atoms with Crippen molar-refractivity contribution in [1.82, 2.24) is 15.5 Å². The maximum atomic E-state index is 13.3. The number of carboxylic acid groups (broad SMARTS) is 1. The van der Waals surface area contributed by atoms with Gasteiger partial charge < -0.3 is 140 Å². The number of likely N-dealkylation sites (N-methyl/N-ethyl adjacent to an activating group) is 1. The molecule has 14 atom stereocenters. The highest BCUT2D eigenvalue weighted by molar-refractivity contribution is 5.96. The van der Waals surface area contributed by atoms with Crippen molar-refractivity contribution in [2.24, 2.45) is 0 Å². The van der Waals surface area contributed by atoms with Gasteiger partial charge in [0.15, 0.2) is 6.10 Å². The number of anilines is 1. The minimum absolute atomic E-state index is 0.00274. The summed E-state index contributed by atoms with van der Waals surface area (Å²) >= 11 is 0. The third-order valence-electron chi connectivity index (χ3n) is 12.0. The molecule has 0 saturated carbocycles. The summed E-state index contributed by atoms with van der Waals surface area (Å²) in [5.74, 6) is -2.63. The van der Waals surface area contributed by atoms with Crippen LogP contribution in [0.15, 0.2) is 18.2 Å². The average molecular weight is 1180 g/mol. The number of aliphatic hydroxyl groups excluding tert-OH is 13. The highest BCUT2D eigenvalue weighted by Crippen LogP contribution is 2.31. The minimum atomic E-state index is -1.93. The highest BCUT2D eigenvalue weighted by atomic mass is 16.7. The second-order valence-corrected chi connectivity index (χ2v) is 18.3. The van der Waals surface area contributed by atoms with Gasteiger partial charge >= 0.3 is 5.97 Å². The lowest BCUT2D eigenvalue weighted by atomic mass is 9.99. The minimum Gasteiger partial charge on any atom is -0.479 e. The fourth-order valence-corrected chi connectivity index (χ4v) is 7.29. The van der Waals surface area contributed by atoms with Crippen molar-refractivity contribution >= 4 is 23.5 Å². The number of amides is 2. The standard InChI is InChI=1S/C49H88N4O28/c1-50-32(47(68)52-31-23-30(29-71-2)3-4-37(31)80-49-45(67)43(65)44(66)46(81-49)48(69)70)24-51-38(60)5-7-72-9-11-74-13-15-76-17-19-78-21-22-79-20-18-77-16-14-75-12-10-73-8-6-53(25-33(56)39(61)41(63)35(58)27-54)26-34(57)40(62)42(64)36(59)28-55/h3-4,23,32-36,39-46,49-50,54-59,61-67H,5-22,24-29H2,1-2H3,(H,51,60)(H,52,68)(H,69,70)/t32?,33-,34-,35+,36+,39+,40+,41+,42+,43-,44-,45+,46-,49+/m0/s1. The average Bonchev–Trinajstić information content (AvgIpc) is 3.50. The number of aliphatic hydroxyl groups is 13. The van der Waals surface area contributed by atoms with Crippen LogP contribution in [0, 0.1) is 0 Å². The Hall–Kier alpha value is -3.57. The number of aliphatic carboxylic acids is 1. The van der Waals surface area contributed by atoms with E-state index >= 15 is 0 Å². The van der Waals surface area contributed by atoms with E-state index in [-0.39, 0.29) is 96.3 Å². The van der Waals surface area contributed by atoms with Gasteiger partial charge in [0, 0.05) is 39.7 Å². The van der Waals surface area contributed by atoms with Crippen LogP contribution < -0.4 is 20.7 Å². The van der Waals surface area contributed by atoms with Crippen molar-refractivity contribution in [1.29, 1.82) is 0 Å². The molecule has 32 heteroatoms. The lowest BCUT2D eigenvalue weighted by molar-refractivity contribution is -0.271. The summed E-state index contributed by atoms with van der Waals surface area (Å²) in [7, 11) is 2.97. The third-order valence-corrected chi connectivity index (χ3v) is 12.0. The number of rotatable bonds is 49. The summed E-state index contributed by atoms with van der Waals surface area (Å²) in [5.41, 5.74) is 0.686. The van der Waals surface area contributed by atoms with E-state index in [1.54, 1.807) is 6.07 Å². The molecule has 1 aliphatic rings. The van der Waals surface area contributed by atoms with Crippen molar-refractivity contribution in [3.63, 3.8) is 0 Å². The fourth-order valence-electron chi connectivity index (χ4n) is 7.29. The van der Waals surface area contributed by atoms with Gasteiger partial charge in [0.25, 0.3) is 0 Å². The van der Waals surface area contributed by atoms with Crippen LogP contribution in [0.1, 0.15) is 12.0 Å². The first-order valence-corrected chi connectivity index (χ1v) is 26.3. The van der Waals surface area contributed by atoms with E-state index in [9.17, 15) is 75.7 Å². The molecule has 472 valence electrons. The SMILES string of the molecule is CNC(CNC(=O)CCOCCOCCOCCOCCOCCOCCOCCOCCN(C[C@H](O)[C@@H](O)[C@H](O)[C@H](O)CO)C[C@H](O)[C@@H](O)[C@H](O)[C@H](O)CO)C(=O)Nc1cc(COC)ccc1O[C@@H]1O[C@H](C(=O)O)[C@@H](O)[C@H](O)[C@H]1O. The molecule has 1 aromatic carbocycles. The Bertz CT molecular complexity index is 1790. The summed E-state index contributed by atoms with van der Waals surface area (Å²) < 4.78 is 59.9. The second-order valence-electron chi connectivity index (χ2n) is 18.3. The quantitative estimate of drug-likeness (QED) is 0.0269. The Kier molecular flexibility index (Phi) is 39.1. The number of nitrogens with zero attached hydrogens (tertiary/aromatic N) is 1. The van der Waals surface area contributed by atoms with Gasteiger partial charge in [-0.2, -0.15) is 0 Å². The molecule has 1 heterocycles. The molecular weight excluding hydrogens is 1090 g/mol. The number of ether oxygens (including phenoxy) is 11. The molecule has 1 aliphatic heterocycles. The normalized spacial score (nSPS) is 20.9. The molecule has 17 N–H and O–H groups in total. The Morgan fingerprint density at radius 2 is 1.04 bits per heavy atom. The Labute approximate surface area is 468 Å². The molecule has 1 saturated heterocycles. The second kappa shape index (κ2) is 43.1. The molecule has 0 radical (unpaired) electrons. The Morgan fingerprint density at radius 1 is 0.605 bits per heavy atom. The van der Waals surface area contributed by atoms with Gasteiger partial charge in [0.2, 0.25) is 18.1 Å². The van der Waals surface area contributed by atoms with E-state index < -0.39 is 124 Å². The fraction of sp³-hybridized carbons (Fsp3) is 0.816. The molecule has 0 aromatic heterocycles. The van der Waals surface area contributed by atoms with Gasteiger partial charge in [0.05, 0.1) is 143 Å². The number of carbonyl (C=O) groups is 3. The summed E-state index contributed by atoms with van der Waals surface area (Å²) in [4.78, 5) is 38.7. The zero-order valence-corrected chi connectivity index (χ0v) is 45.7. The largest absolute Gasteiger partial charge is 0.479 e. The van der Waals surface area contributed by atoms with Crippen LogP contribution in [-0.4, -0.2) is 339 Å². The highest BCUT2D eigenvalue weighted by Gasteiger charge is 2.48. The van der Waals surface area contributed by atoms with Gasteiger partial charge in [-0.25, -0.2) is 4.79 Å². The van der Waals surface area contributed by atoms with Crippen LogP contribution in [0.2, 0.25) is 0 Å². The van der Waals surface area contributed by atoms with E-state index in [0.29, 0.717) is 58.4 Å². The van der Waals surface area contributed by atoms with Crippen LogP contribution in [0.25, 0.3) is 0 Å². The molecule has 0 aliphatic carbocycles. The zero-order chi connectivity index (χ0) is 60.1. The first-order chi connectivity index (χ1) is 38.8. The molecule has 0 bridgehead atoms. The predicted molar refractivity (Wildman–Crippen MR) is 276 cm³/mol. The summed E-state index contributed by atoms with van der Waals surface area (Å²) in [6.07, 6.45) is -23.8. The van der Waals surface area contributed by atoms with Gasteiger partial charge in [-0.15, -0.1) is 0 Å². The summed E-state index contributed by atoms with van der Waals surface area (Å²) in [6.45, 7) is 1.53. The van der Waals surface area contributed by atoms with E-state index in [4.69, 9.17) is 62.3 Å². The molecule has 81 heavy (non-hydrogen) atoms. The van der Waals surface area contributed by atoms with Crippen molar-refractivity contribution in [3.05, 3.63) is 23.8 Å². The molecule has 1 unspecified atom stereocenters. The molecule has 32 nitrogen and oxygen atoms in total. The van der Waals surface area contributed by atoms with Crippen LogP contribution in [0.4, 0.5) is 5.69 Å². The van der Waals surface area contributed by atoms with Crippen LogP contribution in [0.5, 0.6) is 5.75 Å². The Balaban J connectivity index is 1.48. The molecule has 2 rings (SSSR count). The predicted octanol–water partition coefficient (Wildman–Crippen LogP) is -8.56. The smallest absolute Gasteiger partial charge is 0.335 e. The topological polar surface area (TPSA) is 475 Å². The van der Waals surface area contributed by atoms with E-state index in [1.807, 2.05) is 0 Å². The molecule has 1 aromatic rings. The van der Waals surface area contributed by atoms with Gasteiger partial charge in [-0.3, -0.25) is 14.5 Å². The van der Waals surface area contributed by atoms with Crippen molar-refractivity contribution in [3.8, 4) is 5.75 Å². The molecule has 0 spiro atoms. The first kappa shape index (κ1) is 73.5. The lowest BCUT2D eigenvalue weighted by Gasteiger charge is -2.38. The molecule has 2 amide bonds. The first-order valence-electron chi connectivity index (χ1n) is 26.3. The van der Waals surface area contributed by atoms with Crippen molar-refractivity contribution < 1.29 is 138 Å². The number of nitrogens with one attached hydrogen (secondary N) is 3. The van der Waals surface area contributed by atoms with E-state index in [0.717, 1.165) is 0 Å². The lowest BCUT2D eigenvalue weighted by Crippen LogP contribution is -2.61. The van der Waals surface area contributed by atoms with Gasteiger partial charge in [-0.1, -0.05) is 6.07 Å². The zero-order valence-electron chi connectivity index (χ0n) is 45.7. The summed E-state index contributed by atoms with van der Waals surface area (Å²) in [6, 6.07) is 3.58.